The SMILES string of the molecule is Oc1cc(-c2ccc3c(N4C[C@H]5COC[C@@H](C4)N5)nc(OC[C@@]45CCCN4C[C@H](F)C5)nc3c2F)c2ccccc2c1. The Kier molecular flexibility index (Phi) is 6.20. The van der Waals surface area contributed by atoms with Gasteiger partial charge in [-0.15, -0.1) is 0 Å². The Hall–Kier alpha value is -3.60. The van der Waals surface area contributed by atoms with Gasteiger partial charge in [0.25, 0.3) is 0 Å². The summed E-state index contributed by atoms with van der Waals surface area (Å²) in [6.45, 7) is 4.06. The summed E-state index contributed by atoms with van der Waals surface area (Å²) in [6, 6.07) is 14.8. The fourth-order valence-corrected chi connectivity index (χ4v) is 7.58. The molecule has 218 valence electrons. The summed E-state index contributed by atoms with van der Waals surface area (Å²) in [7, 11) is 0. The molecule has 2 bridgehead atoms. The van der Waals surface area contributed by atoms with Crippen molar-refractivity contribution < 1.29 is 23.4 Å². The zero-order valence-corrected chi connectivity index (χ0v) is 23.2. The fraction of sp³-hybridized carbons (Fsp3) is 0.438. The van der Waals surface area contributed by atoms with Crippen molar-refractivity contribution in [3.05, 3.63) is 54.3 Å². The van der Waals surface area contributed by atoms with E-state index >= 15 is 4.39 Å². The van der Waals surface area contributed by atoms with Crippen LogP contribution < -0.4 is 15.0 Å². The van der Waals surface area contributed by atoms with E-state index in [1.807, 2.05) is 30.3 Å². The van der Waals surface area contributed by atoms with E-state index in [0.29, 0.717) is 61.6 Å². The summed E-state index contributed by atoms with van der Waals surface area (Å²) in [5.41, 5.74) is 0.715. The number of nitrogens with zero attached hydrogens (tertiary/aromatic N) is 4. The molecular weight excluding hydrogens is 540 g/mol. The van der Waals surface area contributed by atoms with Crippen LogP contribution in [0.1, 0.15) is 19.3 Å². The van der Waals surface area contributed by atoms with Gasteiger partial charge in [-0.3, -0.25) is 4.90 Å². The molecule has 0 radical (unpaired) electrons. The number of hydrogen-bond donors (Lipinski definition) is 2. The Morgan fingerprint density at radius 2 is 1.86 bits per heavy atom. The van der Waals surface area contributed by atoms with Gasteiger partial charge in [0.1, 0.15) is 29.9 Å². The van der Waals surface area contributed by atoms with Gasteiger partial charge in [-0.25, -0.2) is 8.78 Å². The Labute approximate surface area is 242 Å². The highest BCUT2D eigenvalue weighted by molar-refractivity contribution is 6.01. The normalized spacial score (nSPS) is 27.6. The topological polar surface area (TPSA) is 83.0 Å². The number of ether oxygens (including phenoxy) is 2. The minimum Gasteiger partial charge on any atom is -0.508 e. The van der Waals surface area contributed by atoms with Crippen molar-refractivity contribution in [3.8, 4) is 22.9 Å². The first-order valence-corrected chi connectivity index (χ1v) is 14.8. The molecule has 0 amide bonds. The van der Waals surface area contributed by atoms with Gasteiger partial charge < -0.3 is 24.8 Å². The zero-order valence-electron chi connectivity index (χ0n) is 23.2. The average molecular weight is 574 g/mol. The molecule has 4 atom stereocenters. The maximum Gasteiger partial charge on any atom is 0.319 e. The molecular formula is C32H33F2N5O3. The standard InChI is InChI=1S/C32H33F2N5O3/c33-20-12-32(8-3-9-39(32)13-20)18-42-31-36-29-26(30(37-31)38-14-21-16-41-17-22(15-38)35-21)7-6-25(28(29)34)27-11-23(40)10-19-4-1-2-5-24(19)27/h1-2,4-7,10-11,20-22,35,40H,3,8-9,12-18H2/t20-,21-,22+,32+/m1/s1. The van der Waals surface area contributed by atoms with Crippen LogP contribution >= 0.6 is 0 Å². The number of piperazine rings is 1. The van der Waals surface area contributed by atoms with Crippen molar-refractivity contribution in [2.45, 2.75) is 43.1 Å². The van der Waals surface area contributed by atoms with Gasteiger partial charge in [0.15, 0.2) is 5.82 Å². The smallest absolute Gasteiger partial charge is 0.319 e. The minimum absolute atomic E-state index is 0.0632. The number of fused-ring (bicyclic) bond motifs is 5. The van der Waals surface area contributed by atoms with Crippen LogP contribution in [0.5, 0.6) is 11.8 Å². The molecule has 42 heavy (non-hydrogen) atoms. The predicted molar refractivity (Wildman–Crippen MR) is 156 cm³/mol. The largest absolute Gasteiger partial charge is 0.508 e. The third-order valence-corrected chi connectivity index (χ3v) is 9.42. The lowest BCUT2D eigenvalue weighted by atomic mass is 9.95. The zero-order chi connectivity index (χ0) is 28.4. The first kappa shape index (κ1) is 26.1. The molecule has 0 aliphatic carbocycles. The second-order valence-electron chi connectivity index (χ2n) is 12.2. The summed E-state index contributed by atoms with van der Waals surface area (Å²) in [6.07, 6.45) is 1.42. The number of phenolic OH excluding ortho intramolecular Hbond substituents is 1. The number of phenols is 1. The minimum atomic E-state index is -0.874. The summed E-state index contributed by atoms with van der Waals surface area (Å²) in [4.78, 5) is 13.8. The van der Waals surface area contributed by atoms with Crippen LogP contribution in [0.25, 0.3) is 32.8 Å². The van der Waals surface area contributed by atoms with Gasteiger partial charge >= 0.3 is 6.01 Å². The number of anilines is 1. The molecule has 0 saturated carbocycles. The summed E-state index contributed by atoms with van der Waals surface area (Å²) >= 11 is 0. The summed E-state index contributed by atoms with van der Waals surface area (Å²) in [5, 5.41) is 16.3. The van der Waals surface area contributed by atoms with Crippen molar-refractivity contribution >= 4 is 27.5 Å². The van der Waals surface area contributed by atoms with Crippen molar-refractivity contribution in [2.75, 3.05) is 50.9 Å². The molecule has 4 aliphatic rings. The quantitative estimate of drug-likeness (QED) is 0.363. The maximum atomic E-state index is 16.6. The predicted octanol–water partition coefficient (Wildman–Crippen LogP) is 4.43. The van der Waals surface area contributed by atoms with Gasteiger partial charge in [0.2, 0.25) is 0 Å². The highest BCUT2D eigenvalue weighted by Gasteiger charge is 2.49. The van der Waals surface area contributed by atoms with E-state index in [1.165, 1.54) is 0 Å². The van der Waals surface area contributed by atoms with Crippen LogP contribution in [0.15, 0.2) is 48.5 Å². The molecule has 4 fully saturated rings. The molecule has 3 aromatic carbocycles. The first-order valence-electron chi connectivity index (χ1n) is 14.8. The van der Waals surface area contributed by atoms with Gasteiger partial charge in [0.05, 0.1) is 18.8 Å². The number of aromatic nitrogens is 2. The molecule has 2 N–H and O–H groups in total. The van der Waals surface area contributed by atoms with Crippen LogP contribution in [-0.2, 0) is 4.74 Å². The molecule has 4 aromatic rings. The van der Waals surface area contributed by atoms with E-state index in [2.05, 4.69) is 20.1 Å². The molecule has 4 aliphatic heterocycles. The number of hydrogen-bond acceptors (Lipinski definition) is 8. The van der Waals surface area contributed by atoms with Crippen LogP contribution in [-0.4, -0.2) is 89.8 Å². The van der Waals surface area contributed by atoms with Gasteiger partial charge in [-0.2, -0.15) is 9.97 Å². The van der Waals surface area contributed by atoms with E-state index in [-0.39, 0.29) is 41.5 Å². The molecule has 0 spiro atoms. The Bertz CT molecular complexity index is 1680. The molecule has 1 aromatic heterocycles. The molecule has 4 saturated heterocycles. The third kappa shape index (κ3) is 4.35. The Morgan fingerprint density at radius 1 is 1.02 bits per heavy atom. The van der Waals surface area contributed by atoms with E-state index in [0.717, 1.165) is 30.2 Å². The van der Waals surface area contributed by atoms with Gasteiger partial charge in [-0.1, -0.05) is 30.3 Å². The highest BCUT2D eigenvalue weighted by Crippen LogP contribution is 2.41. The van der Waals surface area contributed by atoms with E-state index < -0.39 is 12.0 Å². The average Bonchev–Trinajstić information content (AvgIpc) is 3.51. The lowest BCUT2D eigenvalue weighted by Crippen LogP contribution is -2.63. The molecule has 5 heterocycles. The molecule has 0 unspecified atom stereocenters. The van der Waals surface area contributed by atoms with Gasteiger partial charge in [0, 0.05) is 49.1 Å². The summed E-state index contributed by atoms with van der Waals surface area (Å²) in [5.74, 6) is 0.184. The molecule has 8 rings (SSSR count). The number of halogens is 2. The lowest BCUT2D eigenvalue weighted by Gasteiger charge is -2.43. The highest BCUT2D eigenvalue weighted by atomic mass is 19.1. The van der Waals surface area contributed by atoms with Crippen molar-refractivity contribution in [3.63, 3.8) is 0 Å². The van der Waals surface area contributed by atoms with Gasteiger partial charge in [-0.05, 0) is 53.9 Å². The van der Waals surface area contributed by atoms with Crippen molar-refractivity contribution in [2.24, 2.45) is 0 Å². The van der Waals surface area contributed by atoms with Crippen LogP contribution in [0.2, 0.25) is 0 Å². The number of benzene rings is 3. The van der Waals surface area contributed by atoms with Crippen molar-refractivity contribution in [1.82, 2.24) is 20.2 Å². The number of aromatic hydroxyl groups is 1. The number of alkyl halides is 1. The number of morpholine rings is 1. The van der Waals surface area contributed by atoms with Crippen molar-refractivity contribution in [1.29, 1.82) is 0 Å². The third-order valence-electron chi connectivity index (χ3n) is 9.42. The number of nitrogens with one attached hydrogen (secondary N) is 1. The van der Waals surface area contributed by atoms with E-state index in [9.17, 15) is 9.50 Å². The van der Waals surface area contributed by atoms with E-state index in [4.69, 9.17) is 14.5 Å². The monoisotopic (exact) mass is 573 g/mol. The Morgan fingerprint density at radius 3 is 2.71 bits per heavy atom. The van der Waals surface area contributed by atoms with Crippen LogP contribution in [0, 0.1) is 5.82 Å². The second-order valence-corrected chi connectivity index (χ2v) is 12.2. The first-order chi connectivity index (χ1) is 20.5. The maximum absolute atomic E-state index is 16.6. The fourth-order valence-electron chi connectivity index (χ4n) is 7.58. The van der Waals surface area contributed by atoms with E-state index in [1.54, 1.807) is 18.2 Å². The van der Waals surface area contributed by atoms with Crippen LogP contribution in [0.4, 0.5) is 14.6 Å². The molecule has 10 heteroatoms. The second kappa shape index (κ2) is 10.00. The lowest BCUT2D eigenvalue weighted by molar-refractivity contribution is 0.0374. The van der Waals surface area contributed by atoms with Crippen LogP contribution in [0.3, 0.4) is 0 Å². The summed E-state index contributed by atoms with van der Waals surface area (Å²) < 4.78 is 43.1. The number of rotatable bonds is 5. The molecule has 8 nitrogen and oxygen atoms in total. The Balaban J connectivity index is 1.24.